The Morgan fingerprint density at radius 3 is 2.57 bits per heavy atom. The van der Waals surface area contributed by atoms with E-state index in [0.717, 1.165) is 22.3 Å². The Hall–Kier alpha value is -3.11. The van der Waals surface area contributed by atoms with Crippen LogP contribution in [0.1, 0.15) is 22.7 Å². The van der Waals surface area contributed by atoms with Crippen molar-refractivity contribution in [2.75, 3.05) is 5.32 Å². The Bertz CT molecular complexity index is 1200. The summed E-state index contributed by atoms with van der Waals surface area (Å²) in [6, 6.07) is 20.4. The van der Waals surface area contributed by atoms with Crippen LogP contribution in [0.4, 0.5) is 10.3 Å². The van der Waals surface area contributed by atoms with Gasteiger partial charge in [-0.2, -0.15) is 0 Å². The summed E-state index contributed by atoms with van der Waals surface area (Å²) >= 11 is 6.44. The van der Waals surface area contributed by atoms with Crippen molar-refractivity contribution in [3.05, 3.63) is 100 Å². The molecule has 0 aliphatic carbocycles. The van der Waals surface area contributed by atoms with E-state index in [2.05, 4.69) is 17.4 Å². The van der Waals surface area contributed by atoms with E-state index < -0.39 is 6.04 Å². The quantitative estimate of drug-likeness (QED) is 0.442. The molecule has 0 fully saturated rings. The van der Waals surface area contributed by atoms with Crippen LogP contribution in [0.15, 0.2) is 72.8 Å². The molecule has 3 nitrogen and oxygen atoms in total. The molecule has 0 unspecified atom stereocenters. The lowest BCUT2D eigenvalue weighted by molar-refractivity contribution is 0.584. The van der Waals surface area contributed by atoms with E-state index in [1.54, 1.807) is 12.1 Å². The van der Waals surface area contributed by atoms with Crippen LogP contribution in [0.25, 0.3) is 16.7 Å². The lowest BCUT2D eigenvalue weighted by atomic mass is 10.00. The number of fused-ring (bicyclic) bond motifs is 3. The van der Waals surface area contributed by atoms with Gasteiger partial charge in [0.15, 0.2) is 0 Å². The Morgan fingerprint density at radius 1 is 1.00 bits per heavy atom. The van der Waals surface area contributed by atoms with Crippen molar-refractivity contribution in [2.24, 2.45) is 0 Å². The smallest absolute Gasteiger partial charge is 0.209 e. The van der Waals surface area contributed by atoms with Crippen LogP contribution in [-0.2, 0) is 0 Å². The first-order valence-corrected chi connectivity index (χ1v) is 9.46. The molecule has 1 aliphatic rings. The molecule has 0 saturated heterocycles. The van der Waals surface area contributed by atoms with Crippen LogP contribution >= 0.6 is 11.6 Å². The molecule has 1 N–H and O–H groups in total. The van der Waals surface area contributed by atoms with E-state index >= 15 is 0 Å². The number of hydrogen-bond donors (Lipinski definition) is 1. The number of aryl methyl sites for hydroxylation is 1. The molecule has 4 aromatic rings. The van der Waals surface area contributed by atoms with Gasteiger partial charge in [0.25, 0.3) is 0 Å². The number of aromatic nitrogens is 2. The van der Waals surface area contributed by atoms with Crippen LogP contribution in [0.3, 0.4) is 0 Å². The molecular formula is C23H17ClFN3. The number of para-hydroxylation sites is 2. The second kappa shape index (κ2) is 6.50. The molecule has 0 amide bonds. The van der Waals surface area contributed by atoms with E-state index in [4.69, 9.17) is 16.6 Å². The summed E-state index contributed by atoms with van der Waals surface area (Å²) in [6.45, 7) is 2.05. The fraction of sp³-hybridized carbons (Fsp3) is 0.0870. The maximum absolute atomic E-state index is 14.8. The summed E-state index contributed by atoms with van der Waals surface area (Å²) in [7, 11) is 0. The van der Waals surface area contributed by atoms with Gasteiger partial charge in [0.05, 0.1) is 17.1 Å². The minimum Gasteiger partial charge on any atom is -0.325 e. The highest BCUT2D eigenvalue weighted by Gasteiger charge is 2.28. The molecule has 0 bridgehead atoms. The number of hydrogen-bond acceptors (Lipinski definition) is 2. The number of benzene rings is 3. The number of allylic oxidation sites excluding steroid dienone is 1. The molecule has 0 radical (unpaired) electrons. The number of halogens is 2. The number of anilines is 1. The molecule has 0 spiro atoms. The van der Waals surface area contributed by atoms with Gasteiger partial charge in [0, 0.05) is 16.3 Å². The monoisotopic (exact) mass is 389 g/mol. The topological polar surface area (TPSA) is 29.9 Å². The van der Waals surface area contributed by atoms with Gasteiger partial charge in [-0.3, -0.25) is 4.57 Å². The van der Waals surface area contributed by atoms with Crippen molar-refractivity contribution in [1.82, 2.24) is 9.55 Å². The van der Waals surface area contributed by atoms with Gasteiger partial charge in [-0.1, -0.05) is 59.6 Å². The van der Waals surface area contributed by atoms with Crippen LogP contribution in [0, 0.1) is 12.7 Å². The predicted molar refractivity (Wildman–Crippen MR) is 112 cm³/mol. The largest absolute Gasteiger partial charge is 0.325 e. The SMILES string of the molecule is Cc1ccc(C2=C[C@@H](c3c(F)cccc3Cl)n3c(nc4ccccc43)N2)cc1. The van der Waals surface area contributed by atoms with Crippen LogP contribution in [0.2, 0.25) is 5.02 Å². The third-order valence-corrected chi connectivity index (χ3v) is 5.43. The fourth-order valence-electron chi connectivity index (χ4n) is 3.72. The van der Waals surface area contributed by atoms with Crippen LogP contribution in [0.5, 0.6) is 0 Å². The fourth-order valence-corrected chi connectivity index (χ4v) is 3.99. The van der Waals surface area contributed by atoms with Gasteiger partial charge in [0.2, 0.25) is 5.95 Å². The summed E-state index contributed by atoms with van der Waals surface area (Å²) in [5, 5.41) is 3.81. The van der Waals surface area contributed by atoms with E-state index in [-0.39, 0.29) is 5.82 Å². The lowest BCUT2D eigenvalue weighted by Crippen LogP contribution is -2.20. The zero-order valence-corrected chi connectivity index (χ0v) is 15.9. The second-order valence-corrected chi connectivity index (χ2v) is 7.35. The minimum atomic E-state index is -0.409. The molecule has 5 heteroatoms. The summed E-state index contributed by atoms with van der Waals surface area (Å²) in [5.74, 6) is 0.339. The highest BCUT2D eigenvalue weighted by molar-refractivity contribution is 6.31. The zero-order valence-electron chi connectivity index (χ0n) is 15.2. The third-order valence-electron chi connectivity index (χ3n) is 5.10. The molecule has 3 aromatic carbocycles. The van der Waals surface area contributed by atoms with Crippen molar-refractivity contribution < 1.29 is 4.39 Å². The van der Waals surface area contributed by atoms with Crippen molar-refractivity contribution in [2.45, 2.75) is 13.0 Å². The first kappa shape index (κ1) is 17.0. The Labute approximate surface area is 167 Å². The second-order valence-electron chi connectivity index (χ2n) is 6.95. The minimum absolute atomic E-state index is 0.331. The predicted octanol–water partition coefficient (Wildman–Crippen LogP) is 6.19. The van der Waals surface area contributed by atoms with E-state index in [1.165, 1.54) is 11.6 Å². The van der Waals surface area contributed by atoms with E-state index in [1.807, 2.05) is 54.0 Å². The van der Waals surface area contributed by atoms with Crippen molar-refractivity contribution >= 4 is 34.3 Å². The normalized spacial score (nSPS) is 15.8. The van der Waals surface area contributed by atoms with Crippen LogP contribution < -0.4 is 5.32 Å². The molecule has 5 rings (SSSR count). The average Bonchev–Trinajstić information content (AvgIpc) is 3.07. The standard InChI is InChI=1S/C23H17ClFN3/c1-14-9-11-15(12-10-14)19-13-21(22-16(24)5-4-6-17(22)25)28-20-8-3-2-7-18(20)26-23(28)27-19/h2-13,21H,1H3,(H,26,27)/t21-/m0/s1. The zero-order chi connectivity index (χ0) is 19.3. The van der Waals surface area contributed by atoms with E-state index in [9.17, 15) is 4.39 Å². The maximum Gasteiger partial charge on any atom is 0.209 e. The first-order chi connectivity index (χ1) is 13.6. The Kier molecular flexibility index (Phi) is 3.95. The van der Waals surface area contributed by atoms with Gasteiger partial charge in [-0.25, -0.2) is 9.37 Å². The number of nitrogens with one attached hydrogen (secondary N) is 1. The Morgan fingerprint density at radius 2 is 1.79 bits per heavy atom. The summed E-state index contributed by atoms with van der Waals surface area (Å²) < 4.78 is 16.8. The number of nitrogens with zero attached hydrogens (tertiary/aromatic N) is 2. The highest BCUT2D eigenvalue weighted by atomic mass is 35.5. The van der Waals surface area contributed by atoms with Gasteiger partial charge in [0.1, 0.15) is 5.82 Å². The number of imidazole rings is 1. The van der Waals surface area contributed by atoms with E-state index in [0.29, 0.717) is 16.5 Å². The molecule has 28 heavy (non-hydrogen) atoms. The molecule has 1 aliphatic heterocycles. The van der Waals surface area contributed by atoms with Gasteiger partial charge in [-0.15, -0.1) is 0 Å². The Balaban J connectivity index is 1.77. The van der Waals surface area contributed by atoms with Gasteiger partial charge < -0.3 is 5.32 Å². The molecule has 1 aromatic heterocycles. The molecule has 0 saturated carbocycles. The first-order valence-electron chi connectivity index (χ1n) is 9.08. The average molecular weight is 390 g/mol. The summed E-state index contributed by atoms with van der Waals surface area (Å²) in [4.78, 5) is 4.73. The maximum atomic E-state index is 14.8. The number of rotatable bonds is 2. The van der Waals surface area contributed by atoms with Crippen molar-refractivity contribution in [1.29, 1.82) is 0 Å². The summed E-state index contributed by atoms with van der Waals surface area (Å²) in [6.07, 6.45) is 2.01. The van der Waals surface area contributed by atoms with Crippen molar-refractivity contribution in [3.8, 4) is 0 Å². The summed E-state index contributed by atoms with van der Waals surface area (Å²) in [5.41, 5.74) is 5.30. The molecular weight excluding hydrogens is 373 g/mol. The van der Waals surface area contributed by atoms with Gasteiger partial charge >= 0.3 is 0 Å². The molecule has 1 atom stereocenters. The highest BCUT2D eigenvalue weighted by Crippen LogP contribution is 2.39. The van der Waals surface area contributed by atoms with Gasteiger partial charge in [-0.05, 0) is 42.8 Å². The van der Waals surface area contributed by atoms with Crippen molar-refractivity contribution in [3.63, 3.8) is 0 Å². The van der Waals surface area contributed by atoms with Crippen LogP contribution in [-0.4, -0.2) is 9.55 Å². The molecule has 2 heterocycles. The molecule has 138 valence electrons. The lowest BCUT2D eigenvalue weighted by Gasteiger charge is -2.27. The third kappa shape index (κ3) is 2.69.